The zero-order chi connectivity index (χ0) is 20.1. The van der Waals surface area contributed by atoms with Gasteiger partial charge >= 0.3 is 0 Å². The first-order valence-electron chi connectivity index (χ1n) is 9.98. The van der Waals surface area contributed by atoms with Gasteiger partial charge in [0.1, 0.15) is 0 Å². The fraction of sp³-hybridized carbons (Fsp3) is 0.524. The molecule has 0 aliphatic carbocycles. The maximum absolute atomic E-state index is 13.1. The van der Waals surface area contributed by atoms with Crippen LogP contribution in [-0.2, 0) is 13.0 Å². The fourth-order valence-electron chi connectivity index (χ4n) is 2.90. The number of unbranched alkanes of at least 4 members (excludes halogenated alkanes) is 1. The zero-order valence-corrected chi connectivity index (χ0v) is 17.8. The van der Waals surface area contributed by atoms with Crippen LogP contribution in [0.15, 0.2) is 38.7 Å². The highest BCUT2D eigenvalue weighted by Crippen LogP contribution is 2.33. The Kier molecular flexibility index (Phi) is 6.88. The molecule has 0 saturated carbocycles. The van der Waals surface area contributed by atoms with Crippen molar-refractivity contribution in [1.82, 2.24) is 19.7 Å². The van der Waals surface area contributed by atoms with E-state index in [-0.39, 0.29) is 10.8 Å². The SMILES string of the molecule is CCCCc1noc(C(C)Sc2nc3ccccc3c(=O)n2CCC(C)C)n1. The normalized spacial score (nSPS) is 12.8. The second-order valence-corrected chi connectivity index (χ2v) is 8.77. The van der Waals surface area contributed by atoms with Crippen molar-refractivity contribution in [2.45, 2.75) is 70.3 Å². The Morgan fingerprint density at radius 3 is 2.71 bits per heavy atom. The lowest BCUT2D eigenvalue weighted by Gasteiger charge is -2.15. The topological polar surface area (TPSA) is 73.8 Å². The second kappa shape index (κ2) is 9.37. The molecule has 0 fully saturated rings. The highest BCUT2D eigenvalue weighted by molar-refractivity contribution is 7.99. The van der Waals surface area contributed by atoms with Gasteiger partial charge in [0.15, 0.2) is 11.0 Å². The molecule has 0 amide bonds. The molecule has 0 bridgehead atoms. The predicted octanol–water partition coefficient (Wildman–Crippen LogP) is 5.02. The molecule has 3 aromatic rings. The van der Waals surface area contributed by atoms with Crippen molar-refractivity contribution in [3.63, 3.8) is 0 Å². The summed E-state index contributed by atoms with van der Waals surface area (Å²) >= 11 is 1.50. The van der Waals surface area contributed by atoms with Gasteiger partial charge < -0.3 is 4.52 Å². The number of rotatable bonds is 9. The molecule has 0 N–H and O–H groups in total. The summed E-state index contributed by atoms with van der Waals surface area (Å²) in [7, 11) is 0. The quantitative estimate of drug-likeness (QED) is 0.371. The Morgan fingerprint density at radius 1 is 1.18 bits per heavy atom. The largest absolute Gasteiger partial charge is 0.338 e. The van der Waals surface area contributed by atoms with Crippen LogP contribution >= 0.6 is 11.8 Å². The maximum atomic E-state index is 13.1. The monoisotopic (exact) mass is 400 g/mol. The number of hydrogen-bond acceptors (Lipinski definition) is 6. The average Bonchev–Trinajstić information content (AvgIpc) is 3.15. The van der Waals surface area contributed by atoms with Gasteiger partial charge in [-0.15, -0.1) is 0 Å². The van der Waals surface area contributed by atoms with Gasteiger partial charge in [-0.3, -0.25) is 9.36 Å². The third kappa shape index (κ3) is 4.82. The van der Waals surface area contributed by atoms with E-state index in [4.69, 9.17) is 9.51 Å². The third-order valence-corrected chi connectivity index (χ3v) is 5.70. The highest BCUT2D eigenvalue weighted by atomic mass is 32.2. The lowest BCUT2D eigenvalue weighted by Crippen LogP contribution is -2.24. The Hall–Kier alpha value is -2.15. The molecule has 2 aromatic heterocycles. The number of para-hydroxylation sites is 1. The van der Waals surface area contributed by atoms with Gasteiger partial charge in [-0.05, 0) is 37.8 Å². The minimum atomic E-state index is -0.0822. The van der Waals surface area contributed by atoms with Gasteiger partial charge in [0.25, 0.3) is 5.56 Å². The third-order valence-electron chi connectivity index (χ3n) is 4.62. The summed E-state index contributed by atoms with van der Waals surface area (Å²) in [6.07, 6.45) is 3.88. The highest BCUT2D eigenvalue weighted by Gasteiger charge is 2.20. The summed E-state index contributed by atoms with van der Waals surface area (Å²) in [5.74, 6) is 1.83. The summed E-state index contributed by atoms with van der Waals surface area (Å²) in [4.78, 5) is 22.4. The molecule has 7 heteroatoms. The van der Waals surface area contributed by atoms with Crippen molar-refractivity contribution >= 4 is 22.7 Å². The van der Waals surface area contributed by atoms with Crippen LogP contribution < -0.4 is 5.56 Å². The molecule has 0 spiro atoms. The molecule has 150 valence electrons. The van der Waals surface area contributed by atoms with Crippen molar-refractivity contribution in [1.29, 1.82) is 0 Å². The molecule has 0 saturated heterocycles. The van der Waals surface area contributed by atoms with Crippen LogP contribution in [0.5, 0.6) is 0 Å². The van der Waals surface area contributed by atoms with Gasteiger partial charge in [-0.2, -0.15) is 4.98 Å². The van der Waals surface area contributed by atoms with E-state index in [0.717, 1.165) is 37.0 Å². The lowest BCUT2D eigenvalue weighted by atomic mass is 10.1. The predicted molar refractivity (Wildman–Crippen MR) is 113 cm³/mol. The number of aryl methyl sites for hydroxylation is 1. The van der Waals surface area contributed by atoms with Crippen LogP contribution in [0.4, 0.5) is 0 Å². The van der Waals surface area contributed by atoms with Gasteiger partial charge in [0, 0.05) is 13.0 Å². The van der Waals surface area contributed by atoms with E-state index in [0.29, 0.717) is 28.9 Å². The molecule has 1 aromatic carbocycles. The minimum absolute atomic E-state index is 0.00936. The van der Waals surface area contributed by atoms with Crippen molar-refractivity contribution in [2.24, 2.45) is 5.92 Å². The second-order valence-electron chi connectivity index (χ2n) is 7.46. The number of fused-ring (bicyclic) bond motifs is 1. The zero-order valence-electron chi connectivity index (χ0n) is 17.0. The Balaban J connectivity index is 1.90. The Labute approximate surface area is 169 Å². The molecule has 2 heterocycles. The molecular weight excluding hydrogens is 372 g/mol. The Morgan fingerprint density at radius 2 is 1.96 bits per heavy atom. The first kappa shape index (κ1) is 20.6. The van der Waals surface area contributed by atoms with Gasteiger partial charge in [-0.1, -0.05) is 56.2 Å². The van der Waals surface area contributed by atoms with E-state index in [1.165, 1.54) is 11.8 Å². The lowest BCUT2D eigenvalue weighted by molar-refractivity contribution is 0.374. The number of hydrogen-bond donors (Lipinski definition) is 0. The molecule has 1 unspecified atom stereocenters. The van der Waals surface area contributed by atoms with E-state index < -0.39 is 0 Å². The summed E-state index contributed by atoms with van der Waals surface area (Å²) in [6.45, 7) is 9.11. The molecule has 3 rings (SSSR count). The van der Waals surface area contributed by atoms with E-state index in [9.17, 15) is 4.79 Å². The van der Waals surface area contributed by atoms with Gasteiger partial charge in [0.05, 0.1) is 16.2 Å². The first-order valence-corrected chi connectivity index (χ1v) is 10.9. The fourth-order valence-corrected chi connectivity index (χ4v) is 3.86. The summed E-state index contributed by atoms with van der Waals surface area (Å²) in [6, 6.07) is 7.51. The number of benzene rings is 1. The number of aromatic nitrogens is 4. The molecule has 28 heavy (non-hydrogen) atoms. The molecule has 0 aliphatic heterocycles. The van der Waals surface area contributed by atoms with Gasteiger partial charge in [-0.25, -0.2) is 4.98 Å². The first-order chi connectivity index (χ1) is 13.5. The van der Waals surface area contributed by atoms with Crippen LogP contribution in [0.1, 0.15) is 63.9 Å². The van der Waals surface area contributed by atoms with E-state index in [1.807, 2.05) is 31.2 Å². The van der Waals surface area contributed by atoms with Crippen molar-refractivity contribution in [3.8, 4) is 0 Å². The van der Waals surface area contributed by atoms with Crippen LogP contribution in [-0.4, -0.2) is 19.7 Å². The summed E-state index contributed by atoms with van der Waals surface area (Å²) < 4.78 is 7.24. The van der Waals surface area contributed by atoms with Crippen molar-refractivity contribution < 1.29 is 4.52 Å². The summed E-state index contributed by atoms with van der Waals surface area (Å²) in [5, 5.41) is 5.35. The van der Waals surface area contributed by atoms with E-state index in [1.54, 1.807) is 4.57 Å². The average molecular weight is 401 g/mol. The smallest absolute Gasteiger partial charge is 0.262 e. The van der Waals surface area contributed by atoms with E-state index >= 15 is 0 Å². The van der Waals surface area contributed by atoms with Crippen LogP contribution in [0.2, 0.25) is 0 Å². The molecule has 6 nitrogen and oxygen atoms in total. The standard InChI is InChI=1S/C21H28N4O2S/c1-5-6-11-18-23-19(27-24-18)15(4)28-21-22-17-10-8-7-9-16(17)20(26)25(21)13-12-14(2)3/h7-10,14-15H,5-6,11-13H2,1-4H3. The molecule has 0 radical (unpaired) electrons. The minimum Gasteiger partial charge on any atom is -0.338 e. The Bertz CT molecular complexity index is 980. The van der Waals surface area contributed by atoms with Gasteiger partial charge in [0.2, 0.25) is 5.89 Å². The molecular formula is C21H28N4O2S. The van der Waals surface area contributed by atoms with Crippen LogP contribution in [0, 0.1) is 5.92 Å². The van der Waals surface area contributed by atoms with Crippen LogP contribution in [0.25, 0.3) is 10.9 Å². The molecule has 1 atom stereocenters. The van der Waals surface area contributed by atoms with Crippen molar-refractivity contribution in [3.05, 3.63) is 46.3 Å². The van der Waals surface area contributed by atoms with Crippen LogP contribution in [0.3, 0.4) is 0 Å². The van der Waals surface area contributed by atoms with Crippen molar-refractivity contribution in [2.75, 3.05) is 0 Å². The molecule has 0 aliphatic rings. The maximum Gasteiger partial charge on any atom is 0.262 e. The number of nitrogens with zero attached hydrogens (tertiary/aromatic N) is 4. The number of thioether (sulfide) groups is 1. The van der Waals surface area contributed by atoms with E-state index in [2.05, 4.69) is 30.9 Å². The summed E-state index contributed by atoms with van der Waals surface area (Å²) in [5.41, 5.74) is 0.729.